The van der Waals surface area contributed by atoms with Gasteiger partial charge in [-0.3, -0.25) is 4.40 Å². The van der Waals surface area contributed by atoms with E-state index >= 15 is 0 Å². The van der Waals surface area contributed by atoms with Gasteiger partial charge in [0, 0.05) is 17.3 Å². The van der Waals surface area contributed by atoms with Crippen molar-refractivity contribution in [2.75, 3.05) is 0 Å². The van der Waals surface area contributed by atoms with Crippen LogP contribution in [-0.2, 0) is 6.54 Å². The highest BCUT2D eigenvalue weighted by molar-refractivity contribution is 5.79. The molecule has 28 heavy (non-hydrogen) atoms. The van der Waals surface area contributed by atoms with Gasteiger partial charge in [0.05, 0.1) is 30.5 Å². The van der Waals surface area contributed by atoms with Crippen molar-refractivity contribution in [2.45, 2.75) is 13.0 Å². The fourth-order valence-electron chi connectivity index (χ4n) is 3.03. The molecule has 0 spiro atoms. The van der Waals surface area contributed by atoms with Crippen molar-refractivity contribution in [1.82, 2.24) is 18.9 Å². The summed E-state index contributed by atoms with van der Waals surface area (Å²) in [7, 11) is 0. The maximum Gasteiger partial charge on any atom is 0.256 e. The summed E-state index contributed by atoms with van der Waals surface area (Å²) in [6.45, 7) is -0.626. The van der Waals surface area contributed by atoms with E-state index in [-0.39, 0.29) is 17.0 Å². The lowest BCUT2D eigenvalue weighted by molar-refractivity contribution is 0.127. The van der Waals surface area contributed by atoms with Crippen molar-refractivity contribution in [3.63, 3.8) is 0 Å². The first-order valence-electron chi connectivity index (χ1n) is 8.14. The number of aromatic nitrogens is 4. The molecule has 0 atom stereocenters. The molecule has 0 saturated carbocycles. The fraction of sp³-hybridized carbons (Fsp3) is 0.105. The Labute approximate surface area is 156 Å². The van der Waals surface area contributed by atoms with E-state index in [2.05, 4.69) is 9.97 Å². The standard InChI is InChI=1S/C19H11F4N5/c20-14-3-1-11(5-15(14)21)18-19(27(10-26-18)9-16(22)23)12-2-4-17-25-7-13(6-24)28(17)8-12/h1-5,7-8,10,16H,9H2. The van der Waals surface area contributed by atoms with Crippen LogP contribution in [-0.4, -0.2) is 25.4 Å². The van der Waals surface area contributed by atoms with Crippen molar-refractivity contribution in [3.05, 3.63) is 66.4 Å². The van der Waals surface area contributed by atoms with E-state index in [1.54, 1.807) is 18.3 Å². The maximum atomic E-state index is 13.7. The maximum absolute atomic E-state index is 13.7. The summed E-state index contributed by atoms with van der Waals surface area (Å²) >= 11 is 0. The minimum Gasteiger partial charge on any atom is -0.324 e. The average molecular weight is 385 g/mol. The zero-order chi connectivity index (χ0) is 19.8. The first kappa shape index (κ1) is 17.7. The third-order valence-electron chi connectivity index (χ3n) is 4.26. The zero-order valence-corrected chi connectivity index (χ0v) is 14.2. The molecule has 4 rings (SSSR count). The highest BCUT2D eigenvalue weighted by Gasteiger charge is 2.19. The average Bonchev–Trinajstić information content (AvgIpc) is 3.26. The molecule has 3 aromatic heterocycles. The number of halogens is 4. The summed E-state index contributed by atoms with van der Waals surface area (Å²) in [5.74, 6) is -2.08. The molecular formula is C19H11F4N5. The number of nitriles is 1. The summed E-state index contributed by atoms with van der Waals surface area (Å²) in [5.41, 5.74) is 2.01. The number of fused-ring (bicyclic) bond motifs is 1. The Morgan fingerprint density at radius 2 is 1.82 bits per heavy atom. The Morgan fingerprint density at radius 3 is 2.54 bits per heavy atom. The zero-order valence-electron chi connectivity index (χ0n) is 14.2. The quantitative estimate of drug-likeness (QED) is 0.493. The van der Waals surface area contributed by atoms with Gasteiger partial charge in [0.2, 0.25) is 0 Å². The van der Waals surface area contributed by atoms with Gasteiger partial charge in [-0.2, -0.15) is 5.26 Å². The Kier molecular flexibility index (Phi) is 4.31. The predicted molar refractivity (Wildman–Crippen MR) is 92.5 cm³/mol. The van der Waals surface area contributed by atoms with Crippen LogP contribution in [0.15, 0.2) is 49.1 Å². The van der Waals surface area contributed by atoms with Crippen molar-refractivity contribution < 1.29 is 17.6 Å². The van der Waals surface area contributed by atoms with Gasteiger partial charge in [-0.25, -0.2) is 27.5 Å². The topological polar surface area (TPSA) is 58.9 Å². The largest absolute Gasteiger partial charge is 0.324 e. The number of hydrogen-bond acceptors (Lipinski definition) is 3. The molecule has 0 aliphatic heterocycles. The molecule has 0 saturated heterocycles. The highest BCUT2D eigenvalue weighted by Crippen LogP contribution is 2.32. The molecule has 9 heteroatoms. The lowest BCUT2D eigenvalue weighted by Gasteiger charge is -2.11. The summed E-state index contributed by atoms with van der Waals surface area (Å²) < 4.78 is 55.9. The molecule has 3 heterocycles. The molecule has 4 aromatic rings. The Bertz CT molecular complexity index is 1220. The van der Waals surface area contributed by atoms with Crippen LogP contribution in [0, 0.1) is 23.0 Å². The number of hydrogen-bond donors (Lipinski definition) is 0. The van der Waals surface area contributed by atoms with E-state index in [0.717, 1.165) is 12.1 Å². The number of rotatable bonds is 4. The summed E-state index contributed by atoms with van der Waals surface area (Å²) in [4.78, 5) is 8.24. The molecule has 0 aliphatic rings. The first-order valence-corrected chi connectivity index (χ1v) is 8.14. The van der Waals surface area contributed by atoms with Crippen molar-refractivity contribution in [3.8, 4) is 28.6 Å². The Morgan fingerprint density at radius 1 is 1.04 bits per heavy atom. The highest BCUT2D eigenvalue weighted by atomic mass is 19.3. The number of alkyl halides is 2. The van der Waals surface area contributed by atoms with E-state index in [0.29, 0.717) is 16.9 Å². The van der Waals surface area contributed by atoms with Crippen LogP contribution in [0.1, 0.15) is 5.69 Å². The van der Waals surface area contributed by atoms with E-state index < -0.39 is 24.6 Å². The lowest BCUT2D eigenvalue weighted by atomic mass is 10.1. The van der Waals surface area contributed by atoms with E-state index in [1.165, 1.54) is 27.6 Å². The second-order valence-electron chi connectivity index (χ2n) is 6.02. The summed E-state index contributed by atoms with van der Waals surface area (Å²) in [5, 5.41) is 9.20. The molecule has 1 aromatic carbocycles. The minimum absolute atomic E-state index is 0.220. The molecule has 5 nitrogen and oxygen atoms in total. The second-order valence-corrected chi connectivity index (χ2v) is 6.02. The Hall–Kier alpha value is -3.67. The van der Waals surface area contributed by atoms with Gasteiger partial charge in [0.25, 0.3) is 6.43 Å². The van der Waals surface area contributed by atoms with Gasteiger partial charge in [-0.15, -0.1) is 0 Å². The first-order chi connectivity index (χ1) is 13.5. The monoisotopic (exact) mass is 385 g/mol. The van der Waals surface area contributed by atoms with Crippen LogP contribution < -0.4 is 0 Å². The molecule has 0 radical (unpaired) electrons. The van der Waals surface area contributed by atoms with Gasteiger partial charge in [-0.1, -0.05) is 0 Å². The summed E-state index contributed by atoms with van der Waals surface area (Å²) in [6.07, 6.45) is 1.55. The van der Waals surface area contributed by atoms with Crippen LogP contribution in [0.2, 0.25) is 0 Å². The minimum atomic E-state index is -2.64. The smallest absolute Gasteiger partial charge is 0.256 e. The van der Waals surface area contributed by atoms with E-state index in [9.17, 15) is 22.8 Å². The number of imidazole rings is 2. The number of nitrogens with zero attached hydrogens (tertiary/aromatic N) is 5. The normalized spacial score (nSPS) is 11.3. The Balaban J connectivity index is 1.94. The molecule has 0 unspecified atom stereocenters. The molecule has 140 valence electrons. The third-order valence-corrected chi connectivity index (χ3v) is 4.26. The van der Waals surface area contributed by atoms with Gasteiger partial charge < -0.3 is 4.57 Å². The summed E-state index contributed by atoms with van der Waals surface area (Å²) in [6, 6.07) is 8.51. The fourth-order valence-corrected chi connectivity index (χ4v) is 3.03. The molecule has 0 amide bonds. The van der Waals surface area contributed by atoms with Crippen molar-refractivity contribution in [1.29, 1.82) is 5.26 Å². The predicted octanol–water partition coefficient (Wildman–Crippen LogP) is 4.28. The SMILES string of the molecule is N#Cc1cnc2ccc(-c3c(-c4ccc(F)c(F)c4)ncn3CC(F)F)cn12. The second kappa shape index (κ2) is 6.81. The number of benzene rings is 1. The van der Waals surface area contributed by atoms with Gasteiger partial charge in [0.15, 0.2) is 11.6 Å². The molecule has 0 N–H and O–H groups in total. The molecular weight excluding hydrogens is 374 g/mol. The van der Waals surface area contributed by atoms with Crippen LogP contribution in [0.3, 0.4) is 0 Å². The molecule has 0 aliphatic carbocycles. The van der Waals surface area contributed by atoms with Gasteiger partial charge >= 0.3 is 0 Å². The van der Waals surface area contributed by atoms with Gasteiger partial charge in [-0.05, 0) is 30.3 Å². The van der Waals surface area contributed by atoms with E-state index in [1.807, 2.05) is 6.07 Å². The molecule has 0 fully saturated rings. The van der Waals surface area contributed by atoms with Gasteiger partial charge in [0.1, 0.15) is 17.4 Å². The van der Waals surface area contributed by atoms with Crippen LogP contribution in [0.4, 0.5) is 17.6 Å². The van der Waals surface area contributed by atoms with Crippen LogP contribution in [0.25, 0.3) is 28.2 Å². The van der Waals surface area contributed by atoms with E-state index in [4.69, 9.17) is 0 Å². The van der Waals surface area contributed by atoms with Crippen molar-refractivity contribution in [2.24, 2.45) is 0 Å². The molecule has 0 bridgehead atoms. The van der Waals surface area contributed by atoms with Crippen LogP contribution >= 0.6 is 0 Å². The number of pyridine rings is 1. The van der Waals surface area contributed by atoms with Crippen LogP contribution in [0.5, 0.6) is 0 Å². The lowest BCUT2D eigenvalue weighted by Crippen LogP contribution is -2.07. The third kappa shape index (κ3) is 2.99. The van der Waals surface area contributed by atoms with Crippen molar-refractivity contribution >= 4 is 5.65 Å².